The third-order valence-corrected chi connectivity index (χ3v) is 4.47. The Morgan fingerprint density at radius 1 is 1.25 bits per heavy atom. The van der Waals surface area contributed by atoms with Crippen LogP contribution in [-0.4, -0.2) is 9.97 Å². The summed E-state index contributed by atoms with van der Waals surface area (Å²) in [4.78, 5) is 19.5. The Bertz CT molecular complexity index is 689. The fraction of sp³-hybridized carbons (Fsp3) is 0.375. The van der Waals surface area contributed by atoms with Crippen LogP contribution in [0.15, 0.2) is 23.0 Å². The molecule has 1 N–H and O–H groups in total. The van der Waals surface area contributed by atoms with Gasteiger partial charge in [-0.05, 0) is 59.0 Å². The van der Waals surface area contributed by atoms with Gasteiger partial charge in [0.1, 0.15) is 5.82 Å². The molecule has 0 atom stereocenters. The Balaban J connectivity index is 2.38. The first-order chi connectivity index (χ1) is 9.38. The number of aryl methyl sites for hydroxylation is 2. The molecule has 0 aliphatic heterocycles. The molecule has 0 aliphatic rings. The highest BCUT2D eigenvalue weighted by Gasteiger charge is 2.12. The summed E-state index contributed by atoms with van der Waals surface area (Å²) in [5.41, 5.74) is 4.56. The lowest BCUT2D eigenvalue weighted by molar-refractivity contribution is 0.774. The number of nitrogens with one attached hydrogen (secondary N) is 1. The minimum atomic E-state index is -0.0388. The zero-order chi connectivity index (χ0) is 14.9. The van der Waals surface area contributed by atoms with E-state index in [2.05, 4.69) is 78.5 Å². The van der Waals surface area contributed by atoms with E-state index in [0.717, 1.165) is 11.5 Å². The van der Waals surface area contributed by atoms with Gasteiger partial charge < -0.3 is 4.98 Å². The summed E-state index contributed by atoms with van der Waals surface area (Å²) in [5, 5.41) is 0. The van der Waals surface area contributed by atoms with Gasteiger partial charge in [0.05, 0.1) is 9.26 Å². The van der Waals surface area contributed by atoms with Gasteiger partial charge in [0.2, 0.25) is 0 Å². The number of H-pyrrole nitrogens is 1. The van der Waals surface area contributed by atoms with Crippen molar-refractivity contribution in [3.05, 3.63) is 60.3 Å². The lowest BCUT2D eigenvalue weighted by Crippen LogP contribution is -2.19. The maximum absolute atomic E-state index is 12.0. The van der Waals surface area contributed by atoms with Gasteiger partial charge in [-0.25, -0.2) is 4.98 Å². The van der Waals surface area contributed by atoms with E-state index in [0.29, 0.717) is 9.99 Å². The van der Waals surface area contributed by atoms with Crippen LogP contribution in [0.4, 0.5) is 0 Å². The first kappa shape index (κ1) is 15.2. The van der Waals surface area contributed by atoms with Crippen molar-refractivity contribution in [2.45, 2.75) is 40.0 Å². The molecule has 1 aromatic carbocycles. The predicted octanol–water partition coefficient (Wildman–Crippen LogP) is 3.71. The molecule has 20 heavy (non-hydrogen) atoms. The Morgan fingerprint density at radius 3 is 2.55 bits per heavy atom. The number of aromatic nitrogens is 2. The highest BCUT2D eigenvalue weighted by molar-refractivity contribution is 14.1. The van der Waals surface area contributed by atoms with Crippen LogP contribution in [0.5, 0.6) is 0 Å². The van der Waals surface area contributed by atoms with Gasteiger partial charge in [0, 0.05) is 6.42 Å². The highest BCUT2D eigenvalue weighted by Crippen LogP contribution is 2.17. The molecule has 0 aliphatic carbocycles. The van der Waals surface area contributed by atoms with E-state index >= 15 is 0 Å². The second kappa shape index (κ2) is 6.08. The average Bonchev–Trinajstić information content (AvgIpc) is 2.37. The quantitative estimate of drug-likeness (QED) is 0.823. The molecule has 0 spiro atoms. The molecule has 0 fully saturated rings. The summed E-state index contributed by atoms with van der Waals surface area (Å²) in [6, 6.07) is 6.36. The molecule has 2 rings (SSSR count). The largest absolute Gasteiger partial charge is 0.309 e. The van der Waals surface area contributed by atoms with Crippen molar-refractivity contribution in [1.82, 2.24) is 9.97 Å². The van der Waals surface area contributed by atoms with Crippen LogP contribution >= 0.6 is 22.6 Å². The van der Waals surface area contributed by atoms with Crippen LogP contribution in [0.1, 0.15) is 48.0 Å². The lowest BCUT2D eigenvalue weighted by atomic mass is 10.0. The number of hydrogen-bond acceptors (Lipinski definition) is 2. The van der Waals surface area contributed by atoms with Gasteiger partial charge in [-0.1, -0.05) is 32.0 Å². The standard InChI is InChI=1S/C16H19IN2O/c1-9(2)15-14(17)16(20)19-13(18-15)8-12-6-5-10(3)11(4)7-12/h5-7,9H,8H2,1-4H3,(H,18,19,20). The van der Waals surface area contributed by atoms with Gasteiger partial charge >= 0.3 is 0 Å². The number of hydrogen-bond donors (Lipinski definition) is 1. The molecule has 0 saturated heterocycles. The van der Waals surface area contributed by atoms with Crippen LogP contribution < -0.4 is 5.56 Å². The summed E-state index contributed by atoms with van der Waals surface area (Å²) >= 11 is 2.07. The fourth-order valence-electron chi connectivity index (χ4n) is 2.10. The van der Waals surface area contributed by atoms with Crippen LogP contribution in [0.2, 0.25) is 0 Å². The van der Waals surface area contributed by atoms with Crippen LogP contribution in [0, 0.1) is 17.4 Å². The molecule has 0 amide bonds. The van der Waals surface area contributed by atoms with Crippen molar-refractivity contribution in [1.29, 1.82) is 0 Å². The summed E-state index contributed by atoms with van der Waals surface area (Å²) in [6.07, 6.45) is 0.660. The number of benzene rings is 1. The molecule has 2 aromatic rings. The van der Waals surface area contributed by atoms with E-state index in [1.54, 1.807) is 0 Å². The predicted molar refractivity (Wildman–Crippen MR) is 90.4 cm³/mol. The number of halogens is 1. The lowest BCUT2D eigenvalue weighted by Gasteiger charge is -2.10. The maximum atomic E-state index is 12.0. The molecule has 0 bridgehead atoms. The van der Waals surface area contributed by atoms with E-state index in [1.807, 2.05) is 0 Å². The second-order valence-electron chi connectivity index (χ2n) is 5.46. The van der Waals surface area contributed by atoms with E-state index in [-0.39, 0.29) is 11.5 Å². The number of aromatic amines is 1. The molecule has 3 nitrogen and oxygen atoms in total. The Labute approximate surface area is 133 Å². The van der Waals surface area contributed by atoms with Crippen molar-refractivity contribution >= 4 is 22.6 Å². The SMILES string of the molecule is Cc1ccc(Cc2nc(C(C)C)c(I)c(=O)[nH]2)cc1C. The molecular formula is C16H19IN2O. The molecule has 0 radical (unpaired) electrons. The van der Waals surface area contributed by atoms with Gasteiger partial charge in [0.25, 0.3) is 5.56 Å². The fourth-order valence-corrected chi connectivity index (χ4v) is 2.98. The molecule has 106 valence electrons. The second-order valence-corrected chi connectivity index (χ2v) is 6.54. The summed E-state index contributed by atoms with van der Waals surface area (Å²) in [5.74, 6) is 0.991. The van der Waals surface area contributed by atoms with Crippen LogP contribution in [-0.2, 0) is 6.42 Å². The highest BCUT2D eigenvalue weighted by atomic mass is 127. The maximum Gasteiger partial charge on any atom is 0.264 e. The number of nitrogens with zero attached hydrogens (tertiary/aromatic N) is 1. The van der Waals surface area contributed by atoms with E-state index < -0.39 is 0 Å². The minimum Gasteiger partial charge on any atom is -0.309 e. The third-order valence-electron chi connectivity index (χ3n) is 3.43. The van der Waals surface area contributed by atoms with Gasteiger partial charge in [-0.3, -0.25) is 4.79 Å². The minimum absolute atomic E-state index is 0.0388. The van der Waals surface area contributed by atoms with E-state index in [1.165, 1.54) is 16.7 Å². The monoisotopic (exact) mass is 382 g/mol. The Hall–Kier alpha value is -1.17. The van der Waals surface area contributed by atoms with Gasteiger partial charge in [-0.15, -0.1) is 0 Å². The first-order valence-corrected chi connectivity index (χ1v) is 7.81. The summed E-state index contributed by atoms with van der Waals surface area (Å²) in [7, 11) is 0. The van der Waals surface area contributed by atoms with Crippen molar-refractivity contribution in [2.75, 3.05) is 0 Å². The molecule has 1 aromatic heterocycles. The van der Waals surface area contributed by atoms with E-state index in [9.17, 15) is 4.79 Å². The topological polar surface area (TPSA) is 45.8 Å². The van der Waals surface area contributed by atoms with Crippen molar-refractivity contribution in [3.63, 3.8) is 0 Å². The summed E-state index contributed by atoms with van der Waals surface area (Å²) < 4.78 is 0.696. The smallest absolute Gasteiger partial charge is 0.264 e. The Morgan fingerprint density at radius 2 is 1.95 bits per heavy atom. The first-order valence-electron chi connectivity index (χ1n) is 6.73. The molecule has 0 unspecified atom stereocenters. The number of rotatable bonds is 3. The van der Waals surface area contributed by atoms with E-state index in [4.69, 9.17) is 0 Å². The molecule has 4 heteroatoms. The van der Waals surface area contributed by atoms with Gasteiger partial charge in [0.15, 0.2) is 0 Å². The third kappa shape index (κ3) is 3.29. The normalized spacial score (nSPS) is 11.1. The van der Waals surface area contributed by atoms with Crippen molar-refractivity contribution < 1.29 is 0 Å². The van der Waals surface area contributed by atoms with Crippen molar-refractivity contribution in [3.8, 4) is 0 Å². The van der Waals surface area contributed by atoms with Crippen LogP contribution in [0.3, 0.4) is 0 Å². The van der Waals surface area contributed by atoms with Crippen LogP contribution in [0.25, 0.3) is 0 Å². The summed E-state index contributed by atoms with van der Waals surface area (Å²) in [6.45, 7) is 8.32. The zero-order valence-corrected chi connectivity index (χ0v) is 14.4. The molecular weight excluding hydrogens is 363 g/mol. The van der Waals surface area contributed by atoms with Crippen molar-refractivity contribution in [2.24, 2.45) is 0 Å². The Kier molecular flexibility index (Phi) is 4.62. The average molecular weight is 382 g/mol. The molecule has 1 heterocycles. The zero-order valence-electron chi connectivity index (χ0n) is 12.2. The van der Waals surface area contributed by atoms with Gasteiger partial charge in [-0.2, -0.15) is 0 Å². The molecule has 0 saturated carbocycles.